The van der Waals surface area contributed by atoms with E-state index in [0.717, 1.165) is 23.5 Å². The predicted molar refractivity (Wildman–Crippen MR) is 78.3 cm³/mol. The molecule has 1 atom stereocenters. The first kappa shape index (κ1) is 12.4. The molecule has 0 heterocycles. The maximum Gasteiger partial charge on any atom is 0.104 e. The molecule has 0 radical (unpaired) electrons. The summed E-state index contributed by atoms with van der Waals surface area (Å²) in [6.07, 6.45) is 3.13. The Morgan fingerprint density at radius 3 is 2.42 bits per heavy atom. The van der Waals surface area contributed by atoms with Gasteiger partial charge in [-0.1, -0.05) is 55.5 Å². The molecule has 1 fully saturated rings. The standard InChI is InChI=1S/C18H20O/c1-2-13-4-3-5-17(12-13)18(19)16-10-8-15(9-11-16)14-6-7-14/h3-5,8-12,14,18-19H,2,6-7H2,1H3. The van der Waals surface area contributed by atoms with Crippen LogP contribution in [0.3, 0.4) is 0 Å². The Morgan fingerprint density at radius 1 is 1.05 bits per heavy atom. The smallest absolute Gasteiger partial charge is 0.104 e. The summed E-state index contributed by atoms with van der Waals surface area (Å²) in [4.78, 5) is 0. The highest BCUT2D eigenvalue weighted by Gasteiger charge is 2.23. The van der Waals surface area contributed by atoms with Crippen molar-refractivity contribution < 1.29 is 5.11 Å². The predicted octanol–water partition coefficient (Wildman–Crippen LogP) is 4.21. The topological polar surface area (TPSA) is 20.2 Å². The van der Waals surface area contributed by atoms with Gasteiger partial charge in [-0.2, -0.15) is 0 Å². The number of hydrogen-bond acceptors (Lipinski definition) is 1. The number of benzene rings is 2. The van der Waals surface area contributed by atoms with Crippen LogP contribution in [0, 0.1) is 0 Å². The molecule has 3 rings (SSSR count). The van der Waals surface area contributed by atoms with E-state index in [2.05, 4.69) is 43.3 Å². The Hall–Kier alpha value is -1.60. The van der Waals surface area contributed by atoms with E-state index in [4.69, 9.17) is 0 Å². The Kier molecular flexibility index (Phi) is 3.39. The lowest BCUT2D eigenvalue weighted by Crippen LogP contribution is -2.00. The molecule has 0 amide bonds. The molecular formula is C18H20O. The minimum Gasteiger partial charge on any atom is -0.384 e. The average molecular weight is 252 g/mol. The third-order valence-corrected chi connectivity index (χ3v) is 3.98. The molecule has 2 aromatic carbocycles. The zero-order chi connectivity index (χ0) is 13.2. The zero-order valence-electron chi connectivity index (χ0n) is 11.3. The van der Waals surface area contributed by atoms with Crippen LogP contribution in [0.1, 0.15) is 54.0 Å². The Bertz CT molecular complexity index is 552. The van der Waals surface area contributed by atoms with Gasteiger partial charge in [-0.05, 0) is 47.4 Å². The van der Waals surface area contributed by atoms with E-state index in [1.54, 1.807) is 0 Å². The largest absolute Gasteiger partial charge is 0.384 e. The second-order valence-corrected chi connectivity index (χ2v) is 5.44. The summed E-state index contributed by atoms with van der Waals surface area (Å²) in [6, 6.07) is 16.7. The van der Waals surface area contributed by atoms with Gasteiger partial charge < -0.3 is 5.11 Å². The van der Waals surface area contributed by atoms with Crippen molar-refractivity contribution in [3.05, 3.63) is 70.8 Å². The van der Waals surface area contributed by atoms with Crippen LogP contribution in [-0.4, -0.2) is 5.11 Å². The molecule has 1 heteroatoms. The second-order valence-electron chi connectivity index (χ2n) is 5.44. The maximum absolute atomic E-state index is 10.5. The monoisotopic (exact) mass is 252 g/mol. The summed E-state index contributed by atoms with van der Waals surface area (Å²) >= 11 is 0. The van der Waals surface area contributed by atoms with Crippen molar-refractivity contribution in [1.82, 2.24) is 0 Å². The van der Waals surface area contributed by atoms with Crippen molar-refractivity contribution >= 4 is 0 Å². The van der Waals surface area contributed by atoms with Gasteiger partial charge in [0.1, 0.15) is 6.10 Å². The normalized spacial score (nSPS) is 16.3. The zero-order valence-corrected chi connectivity index (χ0v) is 11.3. The van der Waals surface area contributed by atoms with E-state index in [-0.39, 0.29) is 0 Å². The molecule has 19 heavy (non-hydrogen) atoms. The van der Waals surface area contributed by atoms with Crippen LogP contribution >= 0.6 is 0 Å². The Balaban J connectivity index is 1.83. The van der Waals surface area contributed by atoms with Gasteiger partial charge in [-0.15, -0.1) is 0 Å². The summed E-state index contributed by atoms with van der Waals surface area (Å²) in [5.74, 6) is 0.773. The lowest BCUT2D eigenvalue weighted by molar-refractivity contribution is 0.220. The summed E-state index contributed by atoms with van der Waals surface area (Å²) in [6.45, 7) is 2.13. The Morgan fingerprint density at radius 2 is 1.79 bits per heavy atom. The van der Waals surface area contributed by atoms with Crippen LogP contribution in [0.25, 0.3) is 0 Å². The maximum atomic E-state index is 10.5. The summed E-state index contributed by atoms with van der Waals surface area (Å²) < 4.78 is 0. The lowest BCUT2D eigenvalue weighted by Gasteiger charge is -2.13. The molecule has 1 nitrogen and oxygen atoms in total. The number of aryl methyl sites for hydroxylation is 1. The molecule has 1 N–H and O–H groups in total. The van der Waals surface area contributed by atoms with E-state index >= 15 is 0 Å². The molecule has 1 saturated carbocycles. The van der Waals surface area contributed by atoms with Crippen LogP contribution < -0.4 is 0 Å². The second kappa shape index (κ2) is 5.18. The van der Waals surface area contributed by atoms with Crippen LogP contribution in [0.15, 0.2) is 48.5 Å². The average Bonchev–Trinajstić information content (AvgIpc) is 3.31. The van der Waals surface area contributed by atoms with E-state index in [9.17, 15) is 5.11 Å². The van der Waals surface area contributed by atoms with E-state index in [1.807, 2.05) is 12.1 Å². The number of aliphatic hydroxyl groups is 1. The third kappa shape index (κ3) is 2.71. The Labute approximate surface area is 114 Å². The lowest BCUT2D eigenvalue weighted by atomic mass is 9.97. The van der Waals surface area contributed by atoms with Crippen LogP contribution in [-0.2, 0) is 6.42 Å². The molecule has 1 unspecified atom stereocenters. The van der Waals surface area contributed by atoms with Gasteiger partial charge in [0.05, 0.1) is 0 Å². The van der Waals surface area contributed by atoms with Crippen molar-refractivity contribution in [3.63, 3.8) is 0 Å². The van der Waals surface area contributed by atoms with Crippen molar-refractivity contribution in [2.24, 2.45) is 0 Å². The van der Waals surface area contributed by atoms with Gasteiger partial charge in [0.2, 0.25) is 0 Å². The summed E-state index contributed by atoms with van der Waals surface area (Å²) in [7, 11) is 0. The molecule has 1 aliphatic carbocycles. The first-order valence-corrected chi connectivity index (χ1v) is 7.14. The van der Waals surface area contributed by atoms with E-state index in [1.165, 1.54) is 24.0 Å². The fraction of sp³-hybridized carbons (Fsp3) is 0.333. The van der Waals surface area contributed by atoms with Gasteiger partial charge in [0, 0.05) is 0 Å². The molecule has 0 aromatic heterocycles. The van der Waals surface area contributed by atoms with E-state index < -0.39 is 6.10 Å². The van der Waals surface area contributed by atoms with Gasteiger partial charge in [-0.25, -0.2) is 0 Å². The molecule has 0 aliphatic heterocycles. The minimum absolute atomic E-state index is 0.514. The first-order valence-electron chi connectivity index (χ1n) is 7.14. The first-order chi connectivity index (χ1) is 9.28. The van der Waals surface area contributed by atoms with Crippen LogP contribution in [0.2, 0.25) is 0 Å². The fourth-order valence-corrected chi connectivity index (χ4v) is 2.54. The number of aliphatic hydroxyl groups excluding tert-OH is 1. The molecular weight excluding hydrogens is 232 g/mol. The fourth-order valence-electron chi connectivity index (χ4n) is 2.54. The molecule has 1 aliphatic rings. The summed E-state index contributed by atoms with van der Waals surface area (Å²) in [5, 5.41) is 10.5. The van der Waals surface area contributed by atoms with Gasteiger partial charge in [0.25, 0.3) is 0 Å². The van der Waals surface area contributed by atoms with E-state index in [0.29, 0.717) is 0 Å². The highest BCUT2D eigenvalue weighted by molar-refractivity contribution is 5.35. The quantitative estimate of drug-likeness (QED) is 0.864. The molecule has 0 saturated heterocycles. The van der Waals surface area contributed by atoms with Crippen LogP contribution in [0.5, 0.6) is 0 Å². The van der Waals surface area contributed by atoms with Crippen molar-refractivity contribution in [2.75, 3.05) is 0 Å². The molecule has 98 valence electrons. The highest BCUT2D eigenvalue weighted by Crippen LogP contribution is 2.40. The number of rotatable bonds is 4. The number of hydrogen-bond donors (Lipinski definition) is 1. The van der Waals surface area contributed by atoms with Gasteiger partial charge in [0.15, 0.2) is 0 Å². The van der Waals surface area contributed by atoms with Gasteiger partial charge in [-0.3, -0.25) is 0 Å². The van der Waals surface area contributed by atoms with Gasteiger partial charge >= 0.3 is 0 Å². The van der Waals surface area contributed by atoms with Crippen LogP contribution in [0.4, 0.5) is 0 Å². The van der Waals surface area contributed by atoms with Crippen molar-refractivity contribution in [2.45, 2.75) is 38.2 Å². The summed E-state index contributed by atoms with van der Waals surface area (Å²) in [5.41, 5.74) is 4.65. The minimum atomic E-state index is -0.514. The SMILES string of the molecule is CCc1cccc(C(O)c2ccc(C3CC3)cc2)c1. The van der Waals surface area contributed by atoms with Crippen molar-refractivity contribution in [1.29, 1.82) is 0 Å². The molecule has 2 aromatic rings. The molecule has 0 spiro atoms. The molecule has 0 bridgehead atoms. The highest BCUT2D eigenvalue weighted by atomic mass is 16.3. The van der Waals surface area contributed by atoms with Crippen molar-refractivity contribution in [3.8, 4) is 0 Å². The third-order valence-electron chi connectivity index (χ3n) is 3.98.